The molecule has 137 heavy (non-hydrogen) atoms. The lowest BCUT2D eigenvalue weighted by Gasteiger charge is -2.36. The summed E-state index contributed by atoms with van der Waals surface area (Å²) in [5.41, 5.74) is 26.0. The van der Waals surface area contributed by atoms with Gasteiger partial charge in [0.2, 0.25) is 94.5 Å². The van der Waals surface area contributed by atoms with Crippen molar-refractivity contribution in [1.29, 1.82) is 0 Å². The fourth-order valence-electron chi connectivity index (χ4n) is 16.8. The van der Waals surface area contributed by atoms with E-state index in [4.69, 9.17) is 27.7 Å². The average molecular weight is 1930 g/mol. The van der Waals surface area contributed by atoms with Gasteiger partial charge in [0.05, 0.1) is 31.9 Å². The number of nitrogens with two attached hydrogens (primary N) is 4. The zero-order valence-electron chi connectivity index (χ0n) is 77.9. The molecule has 2 aromatic heterocycles. The number of nitrogens with zero attached hydrogens (tertiary/aromatic N) is 6. The number of hydrogen-bond donors (Lipinski definition) is 19. The minimum absolute atomic E-state index is 0.0651. The fraction of sp³-hybridized carbons (Fsp3) is 0.549. The van der Waals surface area contributed by atoms with Crippen LogP contribution in [-0.2, 0) is 117 Å². The Morgan fingerprint density at radius 1 is 0.526 bits per heavy atom. The van der Waals surface area contributed by atoms with E-state index in [-0.39, 0.29) is 90.3 Å². The van der Waals surface area contributed by atoms with Gasteiger partial charge in [-0.3, -0.25) is 91.1 Å². The number of thioether (sulfide) groups is 1. The van der Waals surface area contributed by atoms with Gasteiger partial charge < -0.3 is 135 Å². The first-order valence-electron chi connectivity index (χ1n) is 45.7. The number of H-pyrrole nitrogens is 1. The highest BCUT2D eigenvalue weighted by atomic mass is 32.2. The maximum Gasteiger partial charge on any atom is 0.323 e. The topological polar surface area (TPSA) is 676 Å². The molecule has 45 nitrogen and oxygen atoms in total. The number of aliphatic hydroxyl groups excluding tert-OH is 1. The van der Waals surface area contributed by atoms with E-state index in [1.54, 1.807) is 92.8 Å². The number of fused-ring (bicyclic) bond motifs is 4. The Bertz CT molecular complexity index is 5150. The second-order valence-electron chi connectivity index (χ2n) is 34.4. The van der Waals surface area contributed by atoms with Gasteiger partial charge in [-0.2, -0.15) is 0 Å². The summed E-state index contributed by atoms with van der Waals surface area (Å²) >= 11 is 0.703. The predicted molar refractivity (Wildman–Crippen MR) is 499 cm³/mol. The zero-order chi connectivity index (χ0) is 101. The number of likely N-dealkylation sites (N-methyl/N-ethyl adjacent to an activating group) is 3. The molecular formula is C91H129N21O24S. The van der Waals surface area contributed by atoms with Gasteiger partial charge in [-0.05, 0) is 119 Å². The molecule has 0 saturated carbocycles. The lowest BCUT2D eigenvalue weighted by atomic mass is 9.99. The number of rotatable bonds is 30. The number of carboxylic acids is 3. The number of carboxylic acid groups (broad SMARTS) is 3. The summed E-state index contributed by atoms with van der Waals surface area (Å²) in [7, 11) is 5.15. The lowest BCUT2D eigenvalue weighted by molar-refractivity contribution is -0.149. The maximum atomic E-state index is 16.0. The zero-order valence-corrected chi connectivity index (χ0v) is 78.7. The first-order valence-corrected chi connectivity index (χ1v) is 46.9. The van der Waals surface area contributed by atoms with Crippen molar-refractivity contribution in [2.24, 2.45) is 22.9 Å². The number of nitrogens with one attached hydrogen (secondary N) is 11. The van der Waals surface area contributed by atoms with E-state index < -0.39 is 273 Å². The van der Waals surface area contributed by atoms with Crippen LogP contribution in [0.4, 0.5) is 0 Å². The molecule has 15 atom stereocenters. The smallest absolute Gasteiger partial charge is 0.323 e. The Kier molecular flexibility index (Phi) is 41.9. The molecule has 5 heterocycles. The van der Waals surface area contributed by atoms with Gasteiger partial charge in [0.25, 0.3) is 0 Å². The number of primary amides is 1. The molecule has 23 N–H and O–H groups in total. The second-order valence-corrected chi connectivity index (χ2v) is 35.4. The van der Waals surface area contributed by atoms with Crippen molar-refractivity contribution in [3.05, 3.63) is 102 Å². The van der Waals surface area contributed by atoms with Crippen molar-refractivity contribution in [1.82, 2.24) is 87.2 Å². The molecule has 3 fully saturated rings. The Morgan fingerprint density at radius 2 is 1.09 bits per heavy atom. The van der Waals surface area contributed by atoms with Crippen LogP contribution in [0.5, 0.6) is 5.75 Å². The van der Waals surface area contributed by atoms with Crippen molar-refractivity contribution >= 4 is 146 Å². The highest BCUT2D eigenvalue weighted by Gasteiger charge is 2.47. The number of aliphatic hydroxyl groups is 1. The fourth-order valence-corrected chi connectivity index (χ4v) is 17.7. The van der Waals surface area contributed by atoms with E-state index in [1.165, 1.54) is 45.9 Å². The van der Waals surface area contributed by atoms with Crippen LogP contribution in [-0.4, -0.2) is 337 Å². The van der Waals surface area contributed by atoms with Crippen LogP contribution >= 0.6 is 11.8 Å². The first-order chi connectivity index (χ1) is 65.3. The van der Waals surface area contributed by atoms with E-state index in [0.29, 0.717) is 75.3 Å². The number of aromatic nitrogens is 2. The molecule has 5 aromatic rings. The highest BCUT2D eigenvalue weighted by molar-refractivity contribution is 8.00. The summed E-state index contributed by atoms with van der Waals surface area (Å²) in [4.78, 5) is 282. The predicted octanol–water partition coefficient (Wildman–Crippen LogP) is -3.43. The van der Waals surface area contributed by atoms with Crippen molar-refractivity contribution in [3.8, 4) is 5.75 Å². The van der Waals surface area contributed by atoms with Gasteiger partial charge in [-0.15, -0.1) is 11.8 Å². The van der Waals surface area contributed by atoms with Crippen LogP contribution in [0.2, 0.25) is 0 Å². The Labute approximate surface area is 795 Å². The van der Waals surface area contributed by atoms with Crippen LogP contribution in [0.1, 0.15) is 140 Å². The minimum atomic E-state index is -1.91. The average Bonchev–Trinajstić information content (AvgIpc) is 1.64. The van der Waals surface area contributed by atoms with Crippen LogP contribution in [0.15, 0.2) is 85.2 Å². The summed E-state index contributed by atoms with van der Waals surface area (Å²) in [6.45, 7) is 2.01. The van der Waals surface area contributed by atoms with E-state index in [1.807, 2.05) is 0 Å². The number of benzene rings is 3. The van der Waals surface area contributed by atoms with E-state index in [9.17, 15) is 78.0 Å². The quantitative estimate of drug-likeness (QED) is 0.0199. The summed E-state index contributed by atoms with van der Waals surface area (Å²) in [5, 5.41) is 68.7. The summed E-state index contributed by atoms with van der Waals surface area (Å²) in [5.74, 6) is -20.9. The number of carbonyl (C=O) groups is 19. The number of amides is 16. The largest absolute Gasteiger partial charge is 0.497 e. The Balaban J connectivity index is 1.22. The molecule has 3 aliphatic heterocycles. The third-order valence-electron chi connectivity index (χ3n) is 24.5. The normalized spacial score (nSPS) is 24.5. The molecule has 3 saturated heterocycles. The summed E-state index contributed by atoms with van der Waals surface area (Å²) in [6, 6.07) is -2.92. The third kappa shape index (κ3) is 30.6. The number of hydrogen-bond acceptors (Lipinski definition) is 25. The van der Waals surface area contributed by atoms with Gasteiger partial charge in [0, 0.05) is 113 Å². The van der Waals surface area contributed by atoms with Crippen molar-refractivity contribution < 1.29 is 116 Å². The van der Waals surface area contributed by atoms with Crippen molar-refractivity contribution in [3.63, 3.8) is 0 Å². The number of aromatic amines is 1. The molecule has 16 amide bonds. The molecule has 8 rings (SSSR count). The van der Waals surface area contributed by atoms with Gasteiger partial charge in [0.15, 0.2) is 0 Å². The number of methoxy groups -OCH3 is 1. The molecule has 0 spiro atoms. The van der Waals surface area contributed by atoms with Crippen molar-refractivity contribution in [2.45, 2.75) is 240 Å². The van der Waals surface area contributed by atoms with E-state index >= 15 is 33.6 Å². The molecule has 0 aliphatic carbocycles. The molecule has 0 unspecified atom stereocenters. The number of carbonyl (C=O) groups excluding carboxylic acids is 16. The number of aliphatic carboxylic acids is 3. The Morgan fingerprint density at radius 3 is 1.74 bits per heavy atom. The lowest BCUT2D eigenvalue weighted by Crippen LogP contribution is -2.61. The van der Waals surface area contributed by atoms with Gasteiger partial charge in [-0.25, -0.2) is 0 Å². The molecule has 748 valence electrons. The first kappa shape index (κ1) is 109. The second kappa shape index (κ2) is 52.7. The molecule has 46 heteroatoms. The number of unbranched alkanes of at least 4 members (excludes halogenated alkanes) is 3. The van der Waals surface area contributed by atoms with Gasteiger partial charge >= 0.3 is 17.9 Å². The number of para-hydroxylation sites is 2. The van der Waals surface area contributed by atoms with Gasteiger partial charge in [-0.1, -0.05) is 88.1 Å². The molecule has 0 radical (unpaired) electrons. The molecular weight excluding hydrogens is 1800 g/mol. The molecule has 3 aromatic carbocycles. The molecule has 3 aliphatic rings. The molecule has 0 bridgehead atoms. The van der Waals surface area contributed by atoms with E-state index in [0.717, 1.165) is 24.5 Å². The summed E-state index contributed by atoms with van der Waals surface area (Å²) in [6.07, 6.45) is -0.974. The minimum Gasteiger partial charge on any atom is -0.497 e. The maximum absolute atomic E-state index is 16.0. The standard InChI is InChI=1S/C91H129N21O24S/c1-8-10-23-69-84(128)100-59(31-32-75(116)117)80(124)106-67(79(123)97-44-73(95)114)48-137-49-74(115)98-63(37-51-27-29-55(136-7)30-28-51)87(131)107(4)50(3)78(122)103-65(41-76(118)119)90(134)111-36-18-26-70(111)85(129)105-66(42-94)83(127)101-61(22-16-17-34-92)89(133)112-46-54(113)40-72(112)86(130)102-62(38-52-43-96-58-21-14-12-19-56(52)58)82(126)99-60(33-35-93)81(125)104-64(88(132)109(6)71(24-11-9-2)91(135)108(69)5)39-53-45-110(47-77(120)121)68-25-15-13-20-57(53)68/h12-15,19-21,25,27-30,43,45,50,54,59-67,69-72,96,113H,8-11,16-18,22-24,26,31-42,44,46-49,92-94H2,1-7H3,(H2,95,114)(H,97,123)(H,98,115)(H,99,126)(H,100,128)(H,101,127)(H,102,130)(H,103,122)(H,104,125)(H,105,129)(H,106,124)(H,116,117)(H,118,119)(H,120,121)/t50-,54+,59-,60-,61-,62-,63-,64-,65-,66-,67-,69-,70-,71-,72-/m0/s1. The third-order valence-corrected chi connectivity index (χ3v) is 25.5. The SMILES string of the molecule is CCCC[C@H]1C(=O)N(C)[C@@H](CCCC)C(=O)N[C@@H](CCC(=O)O)C(=O)N[C@H](C(=O)NCC(N)=O)CSCC(=O)N[C@@H](Cc2ccc(OC)cc2)C(=O)N(C)[C@@H](C)C(=O)N[C@@H](CC(=O)O)C(=O)N2CCC[C@H]2C(=O)N[C@@H](CN)C(=O)N[C@@H](CCCCN)C(=O)N2C[C@H](O)C[C@H]2C(=O)N[C@@H](Cc2c[nH]c3ccccc23)C(=O)N[C@@H](CCN)C(=O)N[C@@H](Cc2cn(CC(=O)O)c3ccccc23)C(=O)N1C. The van der Waals surface area contributed by atoms with Crippen LogP contribution in [0.3, 0.4) is 0 Å². The summed E-state index contributed by atoms with van der Waals surface area (Å²) < 4.78 is 6.73. The van der Waals surface area contributed by atoms with Crippen molar-refractivity contribution in [2.75, 3.05) is 79.0 Å². The monoisotopic (exact) mass is 1930 g/mol. The van der Waals surface area contributed by atoms with Gasteiger partial charge in [0.1, 0.15) is 96.9 Å². The highest BCUT2D eigenvalue weighted by Crippen LogP contribution is 2.29. The van der Waals surface area contributed by atoms with Crippen LogP contribution in [0, 0.1) is 0 Å². The van der Waals surface area contributed by atoms with Crippen LogP contribution in [0.25, 0.3) is 21.8 Å². The van der Waals surface area contributed by atoms with E-state index in [2.05, 4.69) is 58.2 Å². The Hall–Kier alpha value is -13.3. The number of ether oxygens (including phenoxy) is 1. The van der Waals surface area contributed by atoms with Crippen LogP contribution < -0.4 is 80.8 Å².